The highest BCUT2D eigenvalue weighted by Crippen LogP contribution is 2.23. The molecule has 0 heterocycles. The number of hydrogen-bond acceptors (Lipinski definition) is 4. The molecule has 0 radical (unpaired) electrons. The molecule has 0 atom stereocenters. The third-order valence-corrected chi connectivity index (χ3v) is 5.84. The second-order valence-corrected chi connectivity index (χ2v) is 7.97. The fourth-order valence-corrected chi connectivity index (χ4v) is 3.93. The van der Waals surface area contributed by atoms with E-state index in [0.717, 1.165) is 24.8 Å². The van der Waals surface area contributed by atoms with E-state index in [1.807, 2.05) is 13.1 Å². The largest absolute Gasteiger partial charge is 0.344 e. The molecule has 7 heteroatoms. The number of benzene rings is 1. The maximum absolute atomic E-state index is 12.4. The number of likely N-dealkylation sites (N-methyl/N-ethyl adjacent to an activating group) is 2. The topological polar surface area (TPSA) is 78.5 Å². The summed E-state index contributed by atoms with van der Waals surface area (Å²) in [5.41, 5.74) is 2.38. The maximum atomic E-state index is 12.4. The van der Waals surface area contributed by atoms with E-state index in [1.165, 1.54) is 12.0 Å². The molecule has 24 heavy (non-hydrogen) atoms. The molecule has 0 aromatic heterocycles. The minimum absolute atomic E-state index is 0.0709. The molecule has 0 spiro atoms. The molecular formula is C17H27N3O3S. The number of carbonyl (C=O) groups is 1. The lowest BCUT2D eigenvalue weighted by Gasteiger charge is -2.18. The number of hydrogen-bond donors (Lipinski definition) is 2. The van der Waals surface area contributed by atoms with Crippen molar-refractivity contribution in [2.75, 3.05) is 33.7 Å². The van der Waals surface area contributed by atoms with Gasteiger partial charge in [-0.2, -0.15) is 0 Å². The third-order valence-electron chi connectivity index (χ3n) is 4.38. The van der Waals surface area contributed by atoms with Crippen LogP contribution in [0.5, 0.6) is 0 Å². The average Bonchev–Trinajstić information content (AvgIpc) is 2.58. The Morgan fingerprint density at radius 2 is 1.88 bits per heavy atom. The summed E-state index contributed by atoms with van der Waals surface area (Å²) in [6, 6.07) is 5.35. The summed E-state index contributed by atoms with van der Waals surface area (Å²) in [7, 11) is -0.0208. The average molecular weight is 353 g/mol. The van der Waals surface area contributed by atoms with Crippen LogP contribution in [-0.2, 0) is 27.7 Å². The molecule has 0 fully saturated rings. The summed E-state index contributed by atoms with van der Waals surface area (Å²) in [6.07, 6.45) is 4.40. The van der Waals surface area contributed by atoms with Crippen molar-refractivity contribution in [1.29, 1.82) is 0 Å². The summed E-state index contributed by atoms with van der Waals surface area (Å²) >= 11 is 0. The minimum atomic E-state index is -3.57. The highest BCUT2D eigenvalue weighted by molar-refractivity contribution is 7.89. The molecule has 134 valence electrons. The van der Waals surface area contributed by atoms with Crippen molar-refractivity contribution >= 4 is 15.9 Å². The van der Waals surface area contributed by atoms with Gasteiger partial charge in [-0.15, -0.1) is 0 Å². The molecule has 2 rings (SSSR count). The minimum Gasteiger partial charge on any atom is -0.344 e. The van der Waals surface area contributed by atoms with Gasteiger partial charge in [0.2, 0.25) is 15.9 Å². The van der Waals surface area contributed by atoms with Gasteiger partial charge in [-0.1, -0.05) is 6.07 Å². The van der Waals surface area contributed by atoms with Gasteiger partial charge in [-0.3, -0.25) is 4.79 Å². The number of rotatable bonds is 8. The summed E-state index contributed by atoms with van der Waals surface area (Å²) in [5.74, 6) is -0.0709. The first-order valence-corrected chi connectivity index (χ1v) is 9.92. The SMILES string of the molecule is CNCCN(C)C(=O)CCNS(=O)(=O)c1ccc2c(c1)CCCC2. The van der Waals surface area contributed by atoms with Gasteiger partial charge < -0.3 is 10.2 Å². The van der Waals surface area contributed by atoms with Crippen LogP contribution in [0.3, 0.4) is 0 Å². The van der Waals surface area contributed by atoms with E-state index >= 15 is 0 Å². The van der Waals surface area contributed by atoms with Crippen LogP contribution in [-0.4, -0.2) is 53.0 Å². The molecule has 0 bridgehead atoms. The maximum Gasteiger partial charge on any atom is 0.240 e. The normalized spacial score (nSPS) is 14.2. The highest BCUT2D eigenvalue weighted by atomic mass is 32.2. The molecule has 1 aliphatic carbocycles. The zero-order valence-corrected chi connectivity index (χ0v) is 15.3. The second kappa shape index (κ2) is 8.60. The van der Waals surface area contributed by atoms with Crippen molar-refractivity contribution in [3.05, 3.63) is 29.3 Å². The van der Waals surface area contributed by atoms with Crippen LogP contribution in [0.2, 0.25) is 0 Å². The van der Waals surface area contributed by atoms with Gasteiger partial charge in [-0.25, -0.2) is 13.1 Å². The van der Waals surface area contributed by atoms with E-state index in [0.29, 0.717) is 18.0 Å². The summed E-state index contributed by atoms with van der Waals surface area (Å²) in [6.45, 7) is 1.43. The molecule has 0 saturated carbocycles. The first kappa shape index (κ1) is 18.9. The van der Waals surface area contributed by atoms with E-state index in [1.54, 1.807) is 24.1 Å². The van der Waals surface area contributed by atoms with E-state index < -0.39 is 10.0 Å². The first-order valence-electron chi connectivity index (χ1n) is 8.44. The fourth-order valence-electron chi connectivity index (χ4n) is 2.85. The van der Waals surface area contributed by atoms with Crippen LogP contribution < -0.4 is 10.0 Å². The van der Waals surface area contributed by atoms with Crippen molar-refractivity contribution in [3.63, 3.8) is 0 Å². The quantitative estimate of drug-likeness (QED) is 0.728. The molecule has 0 aliphatic heterocycles. The van der Waals surface area contributed by atoms with E-state index in [-0.39, 0.29) is 18.9 Å². The van der Waals surface area contributed by atoms with Gasteiger partial charge in [0, 0.05) is 33.1 Å². The van der Waals surface area contributed by atoms with Gasteiger partial charge >= 0.3 is 0 Å². The molecular weight excluding hydrogens is 326 g/mol. The van der Waals surface area contributed by atoms with Crippen molar-refractivity contribution in [1.82, 2.24) is 14.9 Å². The number of fused-ring (bicyclic) bond motifs is 1. The molecule has 1 aromatic rings. The predicted octanol–water partition coefficient (Wildman–Crippen LogP) is 0.912. The van der Waals surface area contributed by atoms with Crippen LogP contribution in [0.25, 0.3) is 0 Å². The number of nitrogens with one attached hydrogen (secondary N) is 2. The van der Waals surface area contributed by atoms with Gasteiger partial charge in [-0.05, 0) is 56.0 Å². The molecule has 2 N–H and O–H groups in total. The molecule has 1 aromatic carbocycles. The zero-order chi connectivity index (χ0) is 17.6. The van der Waals surface area contributed by atoms with Gasteiger partial charge in [0.25, 0.3) is 0 Å². The first-order chi connectivity index (χ1) is 11.4. The van der Waals surface area contributed by atoms with Crippen LogP contribution in [0.4, 0.5) is 0 Å². The number of amides is 1. The monoisotopic (exact) mass is 353 g/mol. The molecule has 1 aliphatic rings. The lowest BCUT2D eigenvalue weighted by atomic mass is 9.92. The Kier molecular flexibility index (Phi) is 6.77. The summed E-state index contributed by atoms with van der Waals surface area (Å²) in [4.78, 5) is 13.8. The summed E-state index contributed by atoms with van der Waals surface area (Å²) in [5, 5.41) is 2.97. The number of carbonyl (C=O) groups excluding carboxylic acids is 1. The van der Waals surface area contributed by atoms with Crippen molar-refractivity contribution < 1.29 is 13.2 Å². The fraction of sp³-hybridized carbons (Fsp3) is 0.588. The predicted molar refractivity (Wildman–Crippen MR) is 94.5 cm³/mol. The van der Waals surface area contributed by atoms with E-state index in [4.69, 9.17) is 0 Å². The van der Waals surface area contributed by atoms with Crippen LogP contribution in [0.1, 0.15) is 30.4 Å². The smallest absolute Gasteiger partial charge is 0.240 e. The second-order valence-electron chi connectivity index (χ2n) is 6.20. The Labute approximate surface area is 144 Å². The summed E-state index contributed by atoms with van der Waals surface area (Å²) < 4.78 is 27.3. The van der Waals surface area contributed by atoms with Crippen LogP contribution in [0.15, 0.2) is 23.1 Å². The Balaban J connectivity index is 1.91. The van der Waals surface area contributed by atoms with Gasteiger partial charge in [0.05, 0.1) is 4.90 Å². The lowest BCUT2D eigenvalue weighted by Crippen LogP contribution is -2.35. The van der Waals surface area contributed by atoms with Crippen molar-refractivity contribution in [2.45, 2.75) is 37.0 Å². The Bertz CT molecular complexity index is 674. The molecule has 6 nitrogen and oxygen atoms in total. The number of aryl methyl sites for hydroxylation is 2. The highest BCUT2D eigenvalue weighted by Gasteiger charge is 2.18. The van der Waals surface area contributed by atoms with Crippen molar-refractivity contribution in [2.24, 2.45) is 0 Å². The third kappa shape index (κ3) is 5.03. The Hall–Kier alpha value is -1.44. The Morgan fingerprint density at radius 3 is 2.58 bits per heavy atom. The molecule has 0 unspecified atom stereocenters. The standard InChI is InChI=1S/C17H27N3O3S/c1-18-11-12-20(2)17(21)9-10-19-24(22,23)16-8-7-14-5-3-4-6-15(14)13-16/h7-8,13,18-19H,3-6,9-12H2,1-2H3. The van der Waals surface area contributed by atoms with E-state index in [9.17, 15) is 13.2 Å². The lowest BCUT2D eigenvalue weighted by molar-refractivity contribution is -0.129. The molecule has 1 amide bonds. The van der Waals surface area contributed by atoms with Crippen LogP contribution >= 0.6 is 0 Å². The zero-order valence-electron chi connectivity index (χ0n) is 14.5. The number of nitrogens with zero attached hydrogens (tertiary/aromatic N) is 1. The van der Waals surface area contributed by atoms with Crippen LogP contribution in [0, 0.1) is 0 Å². The van der Waals surface area contributed by atoms with E-state index in [2.05, 4.69) is 10.0 Å². The van der Waals surface area contributed by atoms with Gasteiger partial charge in [0.1, 0.15) is 0 Å². The Morgan fingerprint density at radius 1 is 1.17 bits per heavy atom. The van der Waals surface area contributed by atoms with Crippen molar-refractivity contribution in [3.8, 4) is 0 Å². The van der Waals surface area contributed by atoms with Gasteiger partial charge in [0.15, 0.2) is 0 Å². The molecule has 0 saturated heterocycles. The number of sulfonamides is 1.